The summed E-state index contributed by atoms with van der Waals surface area (Å²) < 4.78 is 44.7. The maximum atomic E-state index is 12.9. The van der Waals surface area contributed by atoms with Crippen LogP contribution in [0, 0.1) is 24.2 Å². The first-order valence-corrected chi connectivity index (χ1v) is 10.6. The lowest BCUT2D eigenvalue weighted by atomic mass is 9.63. The second-order valence-corrected chi connectivity index (χ2v) is 9.95. The first-order chi connectivity index (χ1) is 13.9. The summed E-state index contributed by atoms with van der Waals surface area (Å²) in [4.78, 5) is 18.5. The molecule has 1 saturated heterocycles. The van der Waals surface area contributed by atoms with Gasteiger partial charge in [0.2, 0.25) is 11.8 Å². The van der Waals surface area contributed by atoms with Crippen molar-refractivity contribution in [2.75, 3.05) is 13.1 Å². The van der Waals surface area contributed by atoms with Crippen LogP contribution in [-0.2, 0) is 11.0 Å². The molecule has 1 amide bonds. The molecule has 3 fully saturated rings. The van der Waals surface area contributed by atoms with E-state index in [1.54, 1.807) is 6.92 Å². The van der Waals surface area contributed by atoms with Crippen LogP contribution in [0.2, 0.25) is 0 Å². The number of carbonyl (C=O) groups is 1. The lowest BCUT2D eigenvalue weighted by Crippen LogP contribution is -2.63. The predicted octanol–water partition coefficient (Wildman–Crippen LogP) is 3.97. The minimum atomic E-state index is -4.41. The predicted molar refractivity (Wildman–Crippen MR) is 104 cm³/mol. The van der Waals surface area contributed by atoms with Crippen molar-refractivity contribution in [2.24, 2.45) is 17.3 Å². The molecule has 1 spiro atoms. The Morgan fingerprint density at radius 2 is 1.93 bits per heavy atom. The molecule has 30 heavy (non-hydrogen) atoms. The second-order valence-electron chi connectivity index (χ2n) is 9.95. The molecule has 4 rings (SSSR count). The molecule has 2 atom stereocenters. The zero-order valence-electron chi connectivity index (χ0n) is 17.6. The molecule has 3 aliphatic rings. The van der Waals surface area contributed by atoms with E-state index in [2.05, 4.69) is 11.9 Å². The van der Waals surface area contributed by atoms with E-state index in [0.29, 0.717) is 12.8 Å². The van der Waals surface area contributed by atoms with Crippen molar-refractivity contribution >= 4 is 5.91 Å². The van der Waals surface area contributed by atoms with Crippen LogP contribution >= 0.6 is 0 Å². The van der Waals surface area contributed by atoms with Gasteiger partial charge in [-0.05, 0) is 57.9 Å². The highest BCUT2D eigenvalue weighted by Gasteiger charge is 2.52. The number of rotatable bonds is 3. The maximum Gasteiger partial charge on any atom is 0.418 e. The van der Waals surface area contributed by atoms with E-state index < -0.39 is 17.3 Å². The zero-order chi connectivity index (χ0) is 21.9. The van der Waals surface area contributed by atoms with Crippen LogP contribution < -0.4 is 4.74 Å². The number of carbonyl (C=O) groups excluding carboxylic acids is 1. The molecule has 0 unspecified atom stereocenters. The lowest BCUT2D eigenvalue weighted by molar-refractivity contribution is -0.166. The van der Waals surface area contributed by atoms with Crippen molar-refractivity contribution in [3.8, 4) is 5.88 Å². The van der Waals surface area contributed by atoms with Crippen LogP contribution in [0.5, 0.6) is 5.88 Å². The molecule has 2 heterocycles. The fourth-order valence-corrected chi connectivity index (χ4v) is 5.52. The van der Waals surface area contributed by atoms with Gasteiger partial charge in [-0.15, -0.1) is 0 Å². The highest BCUT2D eigenvalue weighted by molar-refractivity contribution is 5.81. The molecule has 1 aromatic heterocycles. The van der Waals surface area contributed by atoms with Crippen molar-refractivity contribution in [3.63, 3.8) is 0 Å². The van der Waals surface area contributed by atoms with Gasteiger partial charge in [0.05, 0.1) is 16.9 Å². The van der Waals surface area contributed by atoms with E-state index in [1.165, 1.54) is 13.0 Å². The molecule has 2 aliphatic carbocycles. The van der Waals surface area contributed by atoms with Crippen LogP contribution in [0.1, 0.15) is 57.2 Å². The fourth-order valence-electron chi connectivity index (χ4n) is 5.52. The summed E-state index contributed by atoms with van der Waals surface area (Å²) in [7, 11) is 0. The molecule has 166 valence electrons. The van der Waals surface area contributed by atoms with Gasteiger partial charge in [-0.2, -0.15) is 13.2 Å². The van der Waals surface area contributed by atoms with Gasteiger partial charge in [-0.1, -0.05) is 6.92 Å². The fraction of sp³-hybridized carbons (Fsp3) is 0.727. The standard InChI is InChI=1S/C22H29F3N2O3/c1-13-8-21(11-27(12-21)19(28)15-9-20(3,29)10-15)7-6-17(13)30-18-5-4-16(14(2)26-18)22(23,24)25/h4-5,13,15,17,29H,6-12H2,1-3H3/t13-,15-,17-,20+/m1/s1. The number of aliphatic hydroxyl groups is 1. The Labute approximate surface area is 174 Å². The van der Waals surface area contributed by atoms with Crippen molar-refractivity contribution in [2.45, 2.75) is 70.8 Å². The summed E-state index contributed by atoms with van der Waals surface area (Å²) in [5.74, 6) is 0.562. The van der Waals surface area contributed by atoms with Crippen LogP contribution in [0.25, 0.3) is 0 Å². The average molecular weight is 426 g/mol. The summed E-state index contributed by atoms with van der Waals surface area (Å²) >= 11 is 0. The molecule has 5 nitrogen and oxygen atoms in total. The van der Waals surface area contributed by atoms with Crippen LogP contribution in [0.15, 0.2) is 12.1 Å². The summed E-state index contributed by atoms with van der Waals surface area (Å²) in [5.41, 5.74) is -1.40. The number of aryl methyl sites for hydroxylation is 1. The molecule has 8 heteroatoms. The number of amides is 1. The molecular formula is C22H29F3N2O3. The zero-order valence-corrected chi connectivity index (χ0v) is 17.6. The third-order valence-electron chi connectivity index (χ3n) is 7.07. The summed E-state index contributed by atoms with van der Waals surface area (Å²) in [5, 5.41) is 9.86. The Kier molecular flexibility index (Phi) is 5.07. The molecule has 1 aromatic rings. The first-order valence-electron chi connectivity index (χ1n) is 10.6. The summed E-state index contributed by atoms with van der Waals surface area (Å²) in [6.45, 7) is 6.70. The summed E-state index contributed by atoms with van der Waals surface area (Å²) in [6.07, 6.45) is -0.781. The first kappa shape index (κ1) is 21.4. The van der Waals surface area contributed by atoms with Crippen molar-refractivity contribution in [1.29, 1.82) is 0 Å². The van der Waals surface area contributed by atoms with E-state index >= 15 is 0 Å². The SMILES string of the molecule is Cc1nc(O[C@@H]2CCC3(C[C@H]2C)CN(C(=O)[C@H]2C[C@@](C)(O)C2)C3)ccc1C(F)(F)F. The minimum Gasteiger partial charge on any atom is -0.474 e. The highest BCUT2D eigenvalue weighted by atomic mass is 19.4. The lowest BCUT2D eigenvalue weighted by Gasteiger charge is -2.56. The monoisotopic (exact) mass is 426 g/mol. The van der Waals surface area contributed by atoms with Gasteiger partial charge in [-0.25, -0.2) is 4.98 Å². The molecule has 1 aliphatic heterocycles. The number of alkyl halides is 3. The Morgan fingerprint density at radius 3 is 2.47 bits per heavy atom. The van der Waals surface area contributed by atoms with Gasteiger partial charge in [0.15, 0.2) is 0 Å². The Morgan fingerprint density at radius 1 is 1.27 bits per heavy atom. The molecule has 2 saturated carbocycles. The second kappa shape index (κ2) is 7.11. The maximum absolute atomic E-state index is 12.9. The largest absolute Gasteiger partial charge is 0.474 e. The van der Waals surface area contributed by atoms with E-state index in [0.717, 1.165) is 38.4 Å². The number of likely N-dealkylation sites (tertiary alicyclic amines) is 1. The van der Waals surface area contributed by atoms with E-state index in [1.807, 2.05) is 4.90 Å². The van der Waals surface area contributed by atoms with E-state index in [-0.39, 0.29) is 40.8 Å². The third-order valence-corrected chi connectivity index (χ3v) is 7.07. The topological polar surface area (TPSA) is 62.7 Å². The quantitative estimate of drug-likeness (QED) is 0.795. The van der Waals surface area contributed by atoms with Crippen molar-refractivity contribution in [3.05, 3.63) is 23.4 Å². The number of nitrogens with zero attached hydrogens (tertiary/aromatic N) is 2. The van der Waals surface area contributed by atoms with Gasteiger partial charge in [0.1, 0.15) is 6.10 Å². The number of halogens is 3. The van der Waals surface area contributed by atoms with Gasteiger partial charge in [0, 0.05) is 30.5 Å². The number of pyridine rings is 1. The van der Waals surface area contributed by atoms with E-state index in [9.17, 15) is 23.1 Å². The highest BCUT2D eigenvalue weighted by Crippen LogP contribution is 2.49. The van der Waals surface area contributed by atoms with Crippen molar-refractivity contribution in [1.82, 2.24) is 9.88 Å². The normalized spacial score (nSPS) is 33.0. The van der Waals surface area contributed by atoms with Gasteiger partial charge >= 0.3 is 6.18 Å². The van der Waals surface area contributed by atoms with E-state index in [4.69, 9.17) is 4.74 Å². The van der Waals surface area contributed by atoms with Gasteiger partial charge in [0.25, 0.3) is 0 Å². The van der Waals surface area contributed by atoms with Crippen LogP contribution in [0.3, 0.4) is 0 Å². The molecule has 0 aromatic carbocycles. The van der Waals surface area contributed by atoms with Crippen LogP contribution in [-0.4, -0.2) is 45.7 Å². The summed E-state index contributed by atoms with van der Waals surface area (Å²) in [6, 6.07) is 2.32. The van der Waals surface area contributed by atoms with Crippen molar-refractivity contribution < 1.29 is 27.8 Å². The molecular weight excluding hydrogens is 397 g/mol. The Bertz CT molecular complexity index is 825. The third kappa shape index (κ3) is 4.03. The van der Waals surface area contributed by atoms with Gasteiger partial charge in [-0.3, -0.25) is 4.79 Å². The number of ether oxygens (including phenoxy) is 1. The Hall–Kier alpha value is -1.83. The number of hydrogen-bond acceptors (Lipinski definition) is 4. The molecule has 0 bridgehead atoms. The minimum absolute atomic E-state index is 0.0524. The molecule has 1 N–H and O–H groups in total. The smallest absolute Gasteiger partial charge is 0.418 e. The average Bonchev–Trinajstić information content (AvgIpc) is 2.57. The van der Waals surface area contributed by atoms with Gasteiger partial charge < -0.3 is 14.7 Å². The number of aromatic nitrogens is 1. The molecule has 0 radical (unpaired) electrons. The van der Waals surface area contributed by atoms with Crippen LogP contribution in [0.4, 0.5) is 13.2 Å². The Balaban J connectivity index is 1.30. The number of hydrogen-bond donors (Lipinski definition) is 1.